The first-order valence-corrected chi connectivity index (χ1v) is 12.4. The molecule has 0 aliphatic rings. The molecule has 0 aliphatic carbocycles. The van der Waals surface area contributed by atoms with Crippen LogP contribution < -0.4 is 14.8 Å². The maximum absolute atomic E-state index is 13.5. The average molecular weight is 507 g/mol. The fourth-order valence-electron chi connectivity index (χ4n) is 3.85. The second-order valence-electron chi connectivity index (χ2n) is 10.6. The Kier molecular flexibility index (Phi) is 8.63. The third-order valence-electron chi connectivity index (χ3n) is 5.83. The molecule has 0 aliphatic heterocycles. The molecule has 1 N–H and O–H groups in total. The topological polar surface area (TPSA) is 85.7 Å². The second kappa shape index (κ2) is 11.5. The van der Waals surface area contributed by atoms with Gasteiger partial charge in [-0.1, -0.05) is 52.3 Å². The molecule has 2 amide bonds. The van der Waals surface area contributed by atoms with Gasteiger partial charge in [0.1, 0.15) is 23.9 Å². The lowest BCUT2D eigenvalue weighted by atomic mass is 9.92. The number of amides is 2. The number of carbonyl (C=O) groups excluding carboxylic acids is 2. The van der Waals surface area contributed by atoms with Gasteiger partial charge >= 0.3 is 0 Å². The molecule has 1 aromatic heterocycles. The number of rotatable bonds is 9. The maximum atomic E-state index is 13.5. The highest BCUT2D eigenvalue weighted by atomic mass is 16.5. The molecule has 0 bridgehead atoms. The van der Waals surface area contributed by atoms with Crippen molar-refractivity contribution in [1.82, 2.24) is 14.7 Å². The molecular formula is C29H38N4O4. The third kappa shape index (κ3) is 7.12. The zero-order valence-corrected chi connectivity index (χ0v) is 23.1. The molecule has 3 rings (SSSR count). The number of nitrogens with one attached hydrogen (secondary N) is 1. The van der Waals surface area contributed by atoms with Crippen molar-refractivity contribution in [2.24, 2.45) is 5.92 Å². The molecule has 0 atom stereocenters. The van der Waals surface area contributed by atoms with Crippen LogP contribution in [0.4, 0.5) is 5.82 Å². The minimum Gasteiger partial charge on any atom is -0.497 e. The van der Waals surface area contributed by atoms with E-state index in [1.807, 2.05) is 51.1 Å². The van der Waals surface area contributed by atoms with Crippen LogP contribution in [0.5, 0.6) is 11.5 Å². The lowest BCUT2D eigenvalue weighted by Crippen LogP contribution is -2.40. The number of aromatic nitrogens is 2. The lowest BCUT2D eigenvalue weighted by Gasteiger charge is -2.24. The van der Waals surface area contributed by atoms with E-state index in [1.54, 1.807) is 27.8 Å². The van der Waals surface area contributed by atoms with Crippen molar-refractivity contribution in [2.45, 2.75) is 47.0 Å². The Morgan fingerprint density at radius 2 is 1.59 bits per heavy atom. The molecule has 37 heavy (non-hydrogen) atoms. The van der Waals surface area contributed by atoms with Gasteiger partial charge in [0.15, 0.2) is 0 Å². The summed E-state index contributed by atoms with van der Waals surface area (Å²) >= 11 is 0. The van der Waals surface area contributed by atoms with Gasteiger partial charge in [0, 0.05) is 29.7 Å². The highest BCUT2D eigenvalue weighted by Crippen LogP contribution is 2.27. The predicted octanol–water partition coefficient (Wildman–Crippen LogP) is 5.23. The van der Waals surface area contributed by atoms with Crippen molar-refractivity contribution in [3.8, 4) is 17.2 Å². The number of ether oxygens (including phenoxy) is 2. The van der Waals surface area contributed by atoms with Gasteiger partial charge in [-0.15, -0.1) is 0 Å². The summed E-state index contributed by atoms with van der Waals surface area (Å²) in [5, 5.41) is 7.77. The summed E-state index contributed by atoms with van der Waals surface area (Å²) in [6.07, 6.45) is 0. The van der Waals surface area contributed by atoms with Crippen LogP contribution in [0.15, 0.2) is 48.5 Å². The van der Waals surface area contributed by atoms with Crippen molar-refractivity contribution in [1.29, 1.82) is 0 Å². The molecule has 0 spiro atoms. The molecule has 0 fully saturated rings. The fraction of sp³-hybridized carbons (Fsp3) is 0.414. The van der Waals surface area contributed by atoms with Crippen molar-refractivity contribution >= 4 is 17.6 Å². The largest absolute Gasteiger partial charge is 0.497 e. The summed E-state index contributed by atoms with van der Waals surface area (Å²) in [7, 11) is 3.07. The van der Waals surface area contributed by atoms with E-state index in [4.69, 9.17) is 14.6 Å². The molecule has 0 saturated heterocycles. The molecule has 0 unspecified atom stereocenters. The van der Waals surface area contributed by atoms with Gasteiger partial charge in [0.05, 0.1) is 25.6 Å². The van der Waals surface area contributed by atoms with Gasteiger partial charge in [-0.25, -0.2) is 4.68 Å². The van der Waals surface area contributed by atoms with E-state index < -0.39 is 0 Å². The van der Waals surface area contributed by atoms with Crippen LogP contribution in [0, 0.1) is 12.8 Å². The van der Waals surface area contributed by atoms with E-state index >= 15 is 0 Å². The van der Waals surface area contributed by atoms with Crippen molar-refractivity contribution in [3.63, 3.8) is 0 Å². The van der Waals surface area contributed by atoms with Crippen molar-refractivity contribution in [3.05, 3.63) is 65.4 Å². The van der Waals surface area contributed by atoms with Gasteiger partial charge in [0.2, 0.25) is 5.91 Å². The van der Waals surface area contributed by atoms with Gasteiger partial charge in [-0.05, 0) is 37.1 Å². The zero-order chi connectivity index (χ0) is 27.3. The first-order chi connectivity index (χ1) is 17.4. The van der Waals surface area contributed by atoms with E-state index in [2.05, 4.69) is 26.1 Å². The standard InChI is InChI=1S/C29H38N4O4/c1-19(2)17-32(28(35)21-13-23(36-7)15-24(14-21)37-8)18-27(34)30-26-16-25(29(4,5)6)31-33(26)22-11-9-20(3)10-12-22/h9-16,19H,17-18H2,1-8H3,(H,30,34). The van der Waals surface area contributed by atoms with E-state index in [-0.39, 0.29) is 29.7 Å². The smallest absolute Gasteiger partial charge is 0.254 e. The van der Waals surface area contributed by atoms with Crippen LogP contribution in [-0.2, 0) is 10.2 Å². The molecule has 0 radical (unpaired) electrons. The summed E-state index contributed by atoms with van der Waals surface area (Å²) < 4.78 is 12.4. The maximum Gasteiger partial charge on any atom is 0.254 e. The Morgan fingerprint density at radius 3 is 2.11 bits per heavy atom. The van der Waals surface area contributed by atoms with Crippen LogP contribution in [0.3, 0.4) is 0 Å². The number of aryl methyl sites for hydroxylation is 1. The van der Waals surface area contributed by atoms with E-state index in [1.165, 1.54) is 14.2 Å². The third-order valence-corrected chi connectivity index (χ3v) is 5.83. The molecule has 2 aromatic carbocycles. The van der Waals surface area contributed by atoms with Crippen LogP contribution in [0.25, 0.3) is 5.69 Å². The Bertz CT molecular complexity index is 1220. The van der Waals surface area contributed by atoms with Crippen LogP contribution >= 0.6 is 0 Å². The zero-order valence-electron chi connectivity index (χ0n) is 23.1. The Hall–Kier alpha value is -3.81. The van der Waals surface area contributed by atoms with Gasteiger partial charge in [-0.3, -0.25) is 9.59 Å². The molecule has 1 heterocycles. The summed E-state index contributed by atoms with van der Waals surface area (Å²) in [4.78, 5) is 28.3. The fourth-order valence-corrected chi connectivity index (χ4v) is 3.85. The molecule has 3 aromatic rings. The number of hydrogen-bond acceptors (Lipinski definition) is 5. The monoisotopic (exact) mass is 506 g/mol. The van der Waals surface area contributed by atoms with E-state index in [0.717, 1.165) is 16.9 Å². The van der Waals surface area contributed by atoms with Gasteiger partial charge in [-0.2, -0.15) is 5.10 Å². The molecule has 8 nitrogen and oxygen atoms in total. The lowest BCUT2D eigenvalue weighted by molar-refractivity contribution is -0.117. The SMILES string of the molecule is COc1cc(OC)cc(C(=O)N(CC(=O)Nc2cc(C(C)(C)C)nn2-c2ccc(C)cc2)CC(C)C)c1. The van der Waals surface area contributed by atoms with Gasteiger partial charge in [0.25, 0.3) is 5.91 Å². The quantitative estimate of drug-likeness (QED) is 0.429. The molecular weight excluding hydrogens is 468 g/mol. The number of methoxy groups -OCH3 is 2. The Balaban J connectivity index is 1.89. The number of benzene rings is 2. The highest BCUT2D eigenvalue weighted by molar-refractivity contribution is 5.99. The molecule has 8 heteroatoms. The number of nitrogens with zero attached hydrogens (tertiary/aromatic N) is 3. The Morgan fingerprint density at radius 1 is 1.00 bits per heavy atom. The van der Waals surface area contributed by atoms with E-state index in [9.17, 15) is 9.59 Å². The predicted molar refractivity (Wildman–Crippen MR) is 146 cm³/mol. The summed E-state index contributed by atoms with van der Waals surface area (Å²) in [6, 6.07) is 14.8. The second-order valence-corrected chi connectivity index (χ2v) is 10.6. The Labute approximate surface area is 219 Å². The summed E-state index contributed by atoms with van der Waals surface area (Å²) in [5.74, 6) is 1.15. The van der Waals surface area contributed by atoms with Crippen molar-refractivity contribution in [2.75, 3.05) is 32.6 Å². The summed E-state index contributed by atoms with van der Waals surface area (Å²) in [5.41, 5.74) is 3.01. The first kappa shape index (κ1) is 27.8. The molecule has 198 valence electrons. The van der Waals surface area contributed by atoms with Crippen LogP contribution in [-0.4, -0.2) is 53.8 Å². The number of hydrogen-bond donors (Lipinski definition) is 1. The van der Waals surface area contributed by atoms with Gasteiger partial charge < -0.3 is 19.7 Å². The van der Waals surface area contributed by atoms with Crippen LogP contribution in [0.2, 0.25) is 0 Å². The first-order valence-electron chi connectivity index (χ1n) is 12.4. The van der Waals surface area contributed by atoms with Crippen LogP contribution in [0.1, 0.15) is 56.2 Å². The normalized spacial score (nSPS) is 11.4. The minimum atomic E-state index is -0.308. The van der Waals surface area contributed by atoms with Crippen molar-refractivity contribution < 1.29 is 19.1 Å². The highest BCUT2D eigenvalue weighted by Gasteiger charge is 2.24. The summed E-state index contributed by atoms with van der Waals surface area (Å²) in [6.45, 7) is 12.6. The number of carbonyl (C=O) groups is 2. The molecule has 0 saturated carbocycles. The van der Waals surface area contributed by atoms with E-state index in [0.29, 0.717) is 29.4 Å². The number of anilines is 1. The minimum absolute atomic E-state index is 0.111. The average Bonchev–Trinajstić information content (AvgIpc) is 3.27.